The first-order valence-corrected chi connectivity index (χ1v) is 7.54. The van der Waals surface area contributed by atoms with Gasteiger partial charge in [0.2, 0.25) is 0 Å². The van der Waals surface area contributed by atoms with E-state index in [1.54, 1.807) is 0 Å². The van der Waals surface area contributed by atoms with Crippen molar-refractivity contribution in [2.24, 2.45) is 0 Å². The van der Waals surface area contributed by atoms with Crippen molar-refractivity contribution in [3.63, 3.8) is 0 Å². The lowest BCUT2D eigenvalue weighted by Gasteiger charge is -2.14. The third kappa shape index (κ3) is 4.29. The van der Waals surface area contributed by atoms with Gasteiger partial charge in [-0.05, 0) is 43.5 Å². The summed E-state index contributed by atoms with van der Waals surface area (Å²) in [7, 11) is 0. The minimum atomic E-state index is 1.04. The van der Waals surface area contributed by atoms with Gasteiger partial charge in [0.1, 0.15) is 0 Å². The predicted molar refractivity (Wildman–Crippen MR) is 78.4 cm³/mol. The van der Waals surface area contributed by atoms with E-state index in [1.165, 1.54) is 37.1 Å². The minimum absolute atomic E-state index is 1.04. The van der Waals surface area contributed by atoms with Gasteiger partial charge >= 0.3 is 0 Å². The van der Waals surface area contributed by atoms with Gasteiger partial charge in [0.25, 0.3) is 0 Å². The molecule has 0 aliphatic carbocycles. The SMILES string of the molecule is BrCCC=Cc1cccc(CN2CCCC2)c1. The van der Waals surface area contributed by atoms with E-state index in [9.17, 15) is 0 Å². The summed E-state index contributed by atoms with van der Waals surface area (Å²) in [6, 6.07) is 8.89. The summed E-state index contributed by atoms with van der Waals surface area (Å²) in [5.41, 5.74) is 2.76. The molecule has 92 valence electrons. The van der Waals surface area contributed by atoms with Crippen LogP contribution in [0.5, 0.6) is 0 Å². The third-order valence-electron chi connectivity index (χ3n) is 3.14. The molecule has 1 aliphatic rings. The van der Waals surface area contributed by atoms with Crippen molar-refractivity contribution in [1.82, 2.24) is 4.90 Å². The Morgan fingerprint density at radius 1 is 1.24 bits per heavy atom. The molecule has 0 spiro atoms. The molecule has 0 unspecified atom stereocenters. The van der Waals surface area contributed by atoms with E-state index in [0.717, 1.165) is 18.3 Å². The molecule has 0 radical (unpaired) electrons. The van der Waals surface area contributed by atoms with Gasteiger partial charge in [-0.3, -0.25) is 4.90 Å². The molecule has 1 fully saturated rings. The van der Waals surface area contributed by atoms with Crippen LogP contribution in [-0.2, 0) is 6.54 Å². The van der Waals surface area contributed by atoms with Crippen LogP contribution < -0.4 is 0 Å². The molecule has 0 amide bonds. The Bertz CT molecular complexity index is 367. The normalized spacial score (nSPS) is 17.0. The number of likely N-dealkylation sites (tertiary alicyclic amines) is 1. The number of halogens is 1. The summed E-state index contributed by atoms with van der Waals surface area (Å²) in [5, 5.41) is 1.04. The highest BCUT2D eigenvalue weighted by Crippen LogP contribution is 2.14. The van der Waals surface area contributed by atoms with Crippen molar-refractivity contribution in [1.29, 1.82) is 0 Å². The molecule has 2 rings (SSSR count). The molecule has 1 aliphatic heterocycles. The maximum Gasteiger partial charge on any atom is 0.0233 e. The van der Waals surface area contributed by atoms with Crippen molar-refractivity contribution in [2.45, 2.75) is 25.8 Å². The van der Waals surface area contributed by atoms with Crippen LogP contribution >= 0.6 is 15.9 Å². The smallest absolute Gasteiger partial charge is 0.0233 e. The Morgan fingerprint density at radius 3 is 2.82 bits per heavy atom. The van der Waals surface area contributed by atoms with Crippen molar-refractivity contribution >= 4 is 22.0 Å². The summed E-state index contributed by atoms with van der Waals surface area (Å²) >= 11 is 3.44. The highest BCUT2D eigenvalue weighted by molar-refractivity contribution is 9.09. The van der Waals surface area contributed by atoms with Crippen molar-refractivity contribution in [3.05, 3.63) is 41.5 Å². The molecule has 1 aromatic carbocycles. The highest BCUT2D eigenvalue weighted by Gasteiger charge is 2.11. The van der Waals surface area contributed by atoms with Gasteiger partial charge < -0.3 is 0 Å². The van der Waals surface area contributed by atoms with E-state index in [2.05, 4.69) is 57.2 Å². The van der Waals surface area contributed by atoms with Gasteiger partial charge in [0.15, 0.2) is 0 Å². The lowest BCUT2D eigenvalue weighted by atomic mass is 10.1. The Morgan fingerprint density at radius 2 is 2.06 bits per heavy atom. The molecular formula is C15H20BrN. The van der Waals surface area contributed by atoms with Crippen LogP contribution in [0, 0.1) is 0 Å². The summed E-state index contributed by atoms with van der Waals surface area (Å²) in [5.74, 6) is 0. The fourth-order valence-corrected chi connectivity index (χ4v) is 2.54. The van der Waals surface area contributed by atoms with Gasteiger partial charge in [-0.2, -0.15) is 0 Å². The van der Waals surface area contributed by atoms with E-state index in [1.807, 2.05) is 0 Å². The van der Waals surface area contributed by atoms with E-state index in [0.29, 0.717) is 0 Å². The number of nitrogens with zero attached hydrogens (tertiary/aromatic N) is 1. The molecule has 1 nitrogen and oxygen atoms in total. The molecule has 1 saturated heterocycles. The molecule has 0 aromatic heterocycles. The fraction of sp³-hybridized carbons (Fsp3) is 0.467. The zero-order chi connectivity index (χ0) is 11.9. The van der Waals surface area contributed by atoms with Gasteiger partial charge in [0, 0.05) is 11.9 Å². The summed E-state index contributed by atoms with van der Waals surface area (Å²) in [6.07, 6.45) is 8.27. The van der Waals surface area contributed by atoms with Gasteiger partial charge in [-0.1, -0.05) is 52.3 Å². The first kappa shape index (κ1) is 12.8. The second-order valence-electron chi connectivity index (χ2n) is 4.61. The van der Waals surface area contributed by atoms with Crippen LogP contribution in [-0.4, -0.2) is 23.3 Å². The van der Waals surface area contributed by atoms with Crippen LogP contribution in [0.2, 0.25) is 0 Å². The summed E-state index contributed by atoms with van der Waals surface area (Å²) in [6.45, 7) is 3.65. The highest BCUT2D eigenvalue weighted by atomic mass is 79.9. The van der Waals surface area contributed by atoms with E-state index in [4.69, 9.17) is 0 Å². The number of rotatable bonds is 5. The van der Waals surface area contributed by atoms with E-state index < -0.39 is 0 Å². The summed E-state index contributed by atoms with van der Waals surface area (Å²) in [4.78, 5) is 2.54. The lowest BCUT2D eigenvalue weighted by molar-refractivity contribution is 0.331. The van der Waals surface area contributed by atoms with Crippen LogP contribution in [0.15, 0.2) is 30.3 Å². The van der Waals surface area contributed by atoms with Crippen molar-refractivity contribution in [2.75, 3.05) is 18.4 Å². The van der Waals surface area contributed by atoms with Gasteiger partial charge in [-0.25, -0.2) is 0 Å². The number of hydrogen-bond donors (Lipinski definition) is 0. The number of hydrogen-bond acceptors (Lipinski definition) is 1. The van der Waals surface area contributed by atoms with Crippen LogP contribution in [0.25, 0.3) is 6.08 Å². The Labute approximate surface area is 113 Å². The van der Waals surface area contributed by atoms with E-state index in [-0.39, 0.29) is 0 Å². The topological polar surface area (TPSA) is 3.24 Å². The van der Waals surface area contributed by atoms with Crippen molar-refractivity contribution < 1.29 is 0 Å². The van der Waals surface area contributed by atoms with Crippen LogP contribution in [0.3, 0.4) is 0 Å². The van der Waals surface area contributed by atoms with E-state index >= 15 is 0 Å². The average molecular weight is 294 g/mol. The largest absolute Gasteiger partial charge is 0.299 e. The second kappa shape index (κ2) is 6.97. The molecule has 1 aromatic rings. The first-order chi connectivity index (χ1) is 8.38. The zero-order valence-electron chi connectivity index (χ0n) is 10.2. The standard InChI is InChI=1S/C15H20BrN/c16-9-2-1-6-14-7-5-8-15(12-14)13-17-10-3-4-11-17/h1,5-8,12H,2-4,9-11,13H2. The molecule has 1 heterocycles. The zero-order valence-corrected chi connectivity index (χ0v) is 11.8. The maximum absolute atomic E-state index is 3.44. The summed E-state index contributed by atoms with van der Waals surface area (Å²) < 4.78 is 0. The Hall–Kier alpha value is -0.600. The first-order valence-electron chi connectivity index (χ1n) is 6.42. The second-order valence-corrected chi connectivity index (χ2v) is 5.40. The molecule has 17 heavy (non-hydrogen) atoms. The Balaban J connectivity index is 1.95. The molecule has 0 N–H and O–H groups in total. The maximum atomic E-state index is 3.44. The monoisotopic (exact) mass is 293 g/mol. The molecular weight excluding hydrogens is 274 g/mol. The van der Waals surface area contributed by atoms with Gasteiger partial charge in [-0.15, -0.1) is 0 Å². The van der Waals surface area contributed by atoms with Crippen molar-refractivity contribution in [3.8, 4) is 0 Å². The number of allylic oxidation sites excluding steroid dienone is 1. The number of alkyl halides is 1. The molecule has 0 bridgehead atoms. The average Bonchev–Trinajstić information content (AvgIpc) is 2.83. The molecule has 2 heteroatoms. The molecule has 0 saturated carbocycles. The fourth-order valence-electron chi connectivity index (χ4n) is 2.28. The third-order valence-corrected chi connectivity index (χ3v) is 3.60. The van der Waals surface area contributed by atoms with Crippen LogP contribution in [0.4, 0.5) is 0 Å². The van der Waals surface area contributed by atoms with Gasteiger partial charge in [0.05, 0.1) is 0 Å². The number of benzene rings is 1. The predicted octanol–water partition coefficient (Wildman–Crippen LogP) is 4.08. The molecule has 0 atom stereocenters. The minimum Gasteiger partial charge on any atom is -0.299 e. The van der Waals surface area contributed by atoms with Crippen LogP contribution in [0.1, 0.15) is 30.4 Å². The lowest BCUT2D eigenvalue weighted by Crippen LogP contribution is -2.18. The quantitative estimate of drug-likeness (QED) is 0.740. The Kier molecular flexibility index (Phi) is 5.27.